The van der Waals surface area contributed by atoms with Gasteiger partial charge in [0.1, 0.15) is 23.1 Å². The van der Waals surface area contributed by atoms with Crippen molar-refractivity contribution in [2.75, 3.05) is 10.5 Å². The third kappa shape index (κ3) is 5.89. The number of anilines is 2. The van der Waals surface area contributed by atoms with Gasteiger partial charge in [0.25, 0.3) is 0 Å². The number of hydrogen-bond acceptors (Lipinski definition) is 7. The number of nitrogens with zero attached hydrogens (tertiary/aromatic N) is 3. The zero-order valence-corrected chi connectivity index (χ0v) is 18.8. The minimum atomic E-state index is -4.60. The summed E-state index contributed by atoms with van der Waals surface area (Å²) in [6.07, 6.45) is -1.39. The molecule has 0 aliphatic heterocycles. The molecule has 4 rings (SSSR count). The van der Waals surface area contributed by atoms with Crippen molar-refractivity contribution in [3.63, 3.8) is 0 Å². The monoisotopic (exact) mass is 525 g/mol. The molecule has 0 unspecified atom stereocenters. The number of hydrogen-bond donors (Lipinski definition) is 2. The lowest BCUT2D eigenvalue weighted by Crippen LogP contribution is -2.05. The summed E-state index contributed by atoms with van der Waals surface area (Å²) in [5, 5.41) is -0.0178. The Morgan fingerprint density at radius 2 is 1.69 bits per heavy atom. The fourth-order valence-corrected chi connectivity index (χ4v) is 3.79. The maximum atomic E-state index is 14.7. The van der Waals surface area contributed by atoms with E-state index in [1.807, 2.05) is 0 Å². The largest absolute Gasteiger partial charge is 0.455 e. The van der Waals surface area contributed by atoms with E-state index in [-0.39, 0.29) is 38.7 Å². The molecule has 0 aliphatic carbocycles. The van der Waals surface area contributed by atoms with Crippen molar-refractivity contribution in [3.8, 4) is 22.6 Å². The first kappa shape index (κ1) is 24.5. The van der Waals surface area contributed by atoms with Crippen molar-refractivity contribution < 1.29 is 26.7 Å². The first-order valence-corrected chi connectivity index (χ1v) is 10.8. The van der Waals surface area contributed by atoms with Crippen LogP contribution in [0.2, 0.25) is 5.02 Å². The van der Waals surface area contributed by atoms with Crippen LogP contribution in [0, 0.1) is 11.6 Å². The summed E-state index contributed by atoms with van der Waals surface area (Å²) < 4.78 is 75.9. The molecular weight excluding hydrogens is 513 g/mol. The van der Waals surface area contributed by atoms with Gasteiger partial charge >= 0.3 is 6.18 Å². The lowest BCUT2D eigenvalue weighted by molar-refractivity contribution is -0.137. The van der Waals surface area contributed by atoms with Crippen LogP contribution in [0.15, 0.2) is 66.0 Å². The Labute approximate surface area is 204 Å². The molecule has 0 spiro atoms. The zero-order valence-electron chi connectivity index (χ0n) is 17.3. The van der Waals surface area contributed by atoms with Gasteiger partial charge in [0, 0.05) is 17.8 Å². The number of aromatic nitrogens is 3. The highest BCUT2D eigenvalue weighted by Gasteiger charge is 2.31. The smallest absolute Gasteiger partial charge is 0.416 e. The van der Waals surface area contributed by atoms with Crippen molar-refractivity contribution >= 4 is 35.3 Å². The summed E-state index contributed by atoms with van der Waals surface area (Å²) in [5.74, 6) is -1.39. The van der Waals surface area contributed by atoms with Gasteiger partial charge in [0.05, 0.1) is 27.9 Å². The molecule has 13 heteroatoms. The lowest BCUT2D eigenvalue weighted by atomic mass is 10.0. The number of nitrogens with one attached hydrogen (secondary N) is 1. The Hall–Kier alpha value is -3.64. The predicted octanol–water partition coefficient (Wildman–Crippen LogP) is 6.98. The standard InChI is InChI=1S/C22H13ClF5N5OS/c23-15-7-19(35-33-21-31-9-13(24)10-32-21)16(25)8-18(15)34-17-2-1-12(22(26,27)28)6-14(17)11-3-4-30-20(29)5-11/h1-10H,(H2,29,30)(H,31,32,33). The van der Waals surface area contributed by atoms with Gasteiger partial charge in [0.2, 0.25) is 5.95 Å². The molecule has 2 aromatic carbocycles. The van der Waals surface area contributed by atoms with Crippen LogP contribution < -0.4 is 15.2 Å². The number of nitrogens with two attached hydrogens (primary N) is 1. The van der Waals surface area contributed by atoms with Crippen molar-refractivity contribution in [3.05, 3.63) is 83.3 Å². The minimum Gasteiger partial charge on any atom is -0.455 e. The Balaban J connectivity index is 1.64. The van der Waals surface area contributed by atoms with Gasteiger partial charge < -0.3 is 10.5 Å². The molecule has 6 nitrogen and oxygen atoms in total. The van der Waals surface area contributed by atoms with Crippen LogP contribution in [0.1, 0.15) is 5.56 Å². The molecule has 0 amide bonds. The van der Waals surface area contributed by atoms with Crippen LogP contribution in [0.5, 0.6) is 11.5 Å². The number of benzene rings is 2. The van der Waals surface area contributed by atoms with Gasteiger partial charge in [-0.05, 0) is 53.9 Å². The average Bonchev–Trinajstić information content (AvgIpc) is 2.81. The van der Waals surface area contributed by atoms with E-state index in [2.05, 4.69) is 19.7 Å². The van der Waals surface area contributed by atoms with E-state index in [0.29, 0.717) is 5.56 Å². The first-order valence-electron chi connectivity index (χ1n) is 9.60. The Kier molecular flexibility index (Phi) is 6.94. The van der Waals surface area contributed by atoms with Crippen molar-refractivity contribution in [1.82, 2.24) is 15.0 Å². The van der Waals surface area contributed by atoms with E-state index in [0.717, 1.165) is 48.6 Å². The summed E-state index contributed by atoms with van der Waals surface area (Å²) in [6, 6.07) is 7.92. The molecule has 0 aliphatic rings. The molecule has 0 saturated heterocycles. The number of rotatable bonds is 6. The van der Waals surface area contributed by atoms with Crippen LogP contribution in [-0.4, -0.2) is 15.0 Å². The summed E-state index contributed by atoms with van der Waals surface area (Å²) >= 11 is 7.04. The first-order chi connectivity index (χ1) is 16.6. The average molecular weight is 526 g/mol. The number of halogens is 6. The molecule has 4 aromatic rings. The van der Waals surface area contributed by atoms with Gasteiger partial charge in [-0.15, -0.1) is 0 Å². The maximum Gasteiger partial charge on any atom is 0.416 e. The number of nitrogen functional groups attached to an aromatic ring is 1. The molecule has 35 heavy (non-hydrogen) atoms. The second kappa shape index (κ2) is 9.92. The summed E-state index contributed by atoms with van der Waals surface area (Å²) in [5.41, 5.74) is 5.14. The molecule has 0 atom stereocenters. The number of pyridine rings is 1. The van der Waals surface area contributed by atoms with E-state index >= 15 is 0 Å². The van der Waals surface area contributed by atoms with Gasteiger partial charge in [-0.2, -0.15) is 13.2 Å². The summed E-state index contributed by atoms with van der Waals surface area (Å²) in [7, 11) is 0. The molecule has 0 radical (unpaired) electrons. The maximum absolute atomic E-state index is 14.7. The lowest BCUT2D eigenvalue weighted by Gasteiger charge is -2.16. The van der Waals surface area contributed by atoms with Gasteiger partial charge in [-0.1, -0.05) is 11.6 Å². The zero-order chi connectivity index (χ0) is 25.2. The SMILES string of the molecule is Nc1cc(-c2cc(C(F)(F)F)ccc2Oc2cc(F)c(SNc3ncc(F)cn3)cc2Cl)ccn1. The molecule has 2 aromatic heterocycles. The van der Waals surface area contributed by atoms with E-state index in [1.54, 1.807) is 0 Å². The predicted molar refractivity (Wildman–Crippen MR) is 122 cm³/mol. The van der Waals surface area contributed by atoms with Gasteiger partial charge in [-0.3, -0.25) is 4.72 Å². The van der Waals surface area contributed by atoms with E-state index in [9.17, 15) is 22.0 Å². The highest BCUT2D eigenvalue weighted by Crippen LogP contribution is 2.41. The second-order valence-electron chi connectivity index (χ2n) is 6.92. The third-order valence-corrected chi connectivity index (χ3v) is 5.59. The molecule has 2 heterocycles. The topological polar surface area (TPSA) is 86.0 Å². The number of alkyl halides is 3. The Morgan fingerprint density at radius 3 is 2.37 bits per heavy atom. The fourth-order valence-electron chi connectivity index (χ4n) is 2.89. The molecular formula is C22H13ClF5N5OS. The van der Waals surface area contributed by atoms with E-state index in [1.165, 1.54) is 24.4 Å². The van der Waals surface area contributed by atoms with Crippen molar-refractivity contribution in [2.45, 2.75) is 11.1 Å². The Morgan fingerprint density at radius 1 is 0.943 bits per heavy atom. The van der Waals surface area contributed by atoms with Crippen LogP contribution >= 0.6 is 23.5 Å². The summed E-state index contributed by atoms with van der Waals surface area (Å²) in [6.45, 7) is 0. The second-order valence-corrected chi connectivity index (χ2v) is 8.18. The molecule has 180 valence electrons. The summed E-state index contributed by atoms with van der Waals surface area (Å²) in [4.78, 5) is 11.3. The van der Waals surface area contributed by atoms with Crippen LogP contribution in [0.3, 0.4) is 0 Å². The van der Waals surface area contributed by atoms with Gasteiger partial charge in [-0.25, -0.2) is 23.7 Å². The van der Waals surface area contributed by atoms with Crippen LogP contribution in [0.25, 0.3) is 11.1 Å². The molecule has 0 saturated carbocycles. The van der Waals surface area contributed by atoms with E-state index < -0.39 is 23.4 Å². The van der Waals surface area contributed by atoms with Crippen molar-refractivity contribution in [2.24, 2.45) is 0 Å². The fraction of sp³-hybridized carbons (Fsp3) is 0.0455. The van der Waals surface area contributed by atoms with Crippen molar-refractivity contribution in [1.29, 1.82) is 0 Å². The van der Waals surface area contributed by atoms with Crippen LogP contribution in [-0.2, 0) is 6.18 Å². The van der Waals surface area contributed by atoms with E-state index in [4.69, 9.17) is 22.1 Å². The normalized spacial score (nSPS) is 11.4. The molecule has 0 fully saturated rings. The van der Waals surface area contributed by atoms with Crippen LogP contribution in [0.4, 0.5) is 33.7 Å². The number of ether oxygens (including phenoxy) is 1. The Bertz CT molecular complexity index is 1370. The highest BCUT2D eigenvalue weighted by atomic mass is 35.5. The molecule has 0 bridgehead atoms. The van der Waals surface area contributed by atoms with Gasteiger partial charge in [0.15, 0.2) is 5.82 Å². The highest BCUT2D eigenvalue weighted by molar-refractivity contribution is 8.00. The third-order valence-electron chi connectivity index (χ3n) is 4.48. The minimum absolute atomic E-state index is 0.0110. The molecule has 3 N–H and O–H groups in total. The quantitative estimate of drug-likeness (QED) is 0.207.